The van der Waals surface area contributed by atoms with Gasteiger partial charge >= 0.3 is 0 Å². The highest BCUT2D eigenvalue weighted by molar-refractivity contribution is 9.10. The standard InChI is InChI=1S/C11H14BrNO/c1-6-8-7(13-10(6)12)4-5-11(2,3)9(8)14/h13H,4-5H2,1-3H3. The average molecular weight is 256 g/mol. The summed E-state index contributed by atoms with van der Waals surface area (Å²) in [6.45, 7) is 6.04. The number of carbonyl (C=O) groups is 1. The minimum Gasteiger partial charge on any atom is -0.352 e. The zero-order chi connectivity index (χ0) is 10.5. The summed E-state index contributed by atoms with van der Waals surface area (Å²) in [7, 11) is 0. The van der Waals surface area contributed by atoms with Crippen LogP contribution in [0.3, 0.4) is 0 Å². The Morgan fingerprint density at radius 1 is 1.43 bits per heavy atom. The van der Waals surface area contributed by atoms with Crippen molar-refractivity contribution in [3.05, 3.63) is 21.4 Å². The van der Waals surface area contributed by atoms with Crippen molar-refractivity contribution >= 4 is 21.7 Å². The molecule has 0 atom stereocenters. The first kappa shape index (κ1) is 9.97. The first-order valence-electron chi connectivity index (χ1n) is 4.85. The van der Waals surface area contributed by atoms with Crippen LogP contribution in [-0.4, -0.2) is 10.8 Å². The van der Waals surface area contributed by atoms with E-state index in [-0.39, 0.29) is 11.2 Å². The van der Waals surface area contributed by atoms with Gasteiger partial charge in [-0.3, -0.25) is 4.79 Å². The number of ketones is 1. The Morgan fingerprint density at radius 3 is 2.71 bits per heavy atom. The van der Waals surface area contributed by atoms with Gasteiger partial charge in [0.25, 0.3) is 0 Å². The van der Waals surface area contributed by atoms with Crippen LogP contribution in [0.15, 0.2) is 4.60 Å². The van der Waals surface area contributed by atoms with E-state index < -0.39 is 0 Å². The van der Waals surface area contributed by atoms with Crippen LogP contribution in [0.2, 0.25) is 0 Å². The molecule has 0 spiro atoms. The highest BCUT2D eigenvalue weighted by Crippen LogP contribution is 2.37. The first-order valence-corrected chi connectivity index (χ1v) is 5.64. The largest absolute Gasteiger partial charge is 0.352 e. The van der Waals surface area contributed by atoms with E-state index in [4.69, 9.17) is 0 Å². The van der Waals surface area contributed by atoms with Crippen LogP contribution >= 0.6 is 15.9 Å². The number of rotatable bonds is 0. The predicted molar refractivity (Wildman–Crippen MR) is 59.7 cm³/mol. The van der Waals surface area contributed by atoms with E-state index in [2.05, 4.69) is 20.9 Å². The van der Waals surface area contributed by atoms with Gasteiger partial charge in [-0.25, -0.2) is 0 Å². The molecular formula is C11H14BrNO. The number of Topliss-reactive ketones (excluding diaryl/α,β-unsaturated/α-hetero) is 1. The van der Waals surface area contributed by atoms with Crippen molar-refractivity contribution in [2.24, 2.45) is 5.41 Å². The monoisotopic (exact) mass is 255 g/mol. The van der Waals surface area contributed by atoms with Gasteiger partial charge in [-0.05, 0) is 41.3 Å². The summed E-state index contributed by atoms with van der Waals surface area (Å²) in [5.41, 5.74) is 2.86. The lowest BCUT2D eigenvalue weighted by molar-refractivity contribution is 0.0810. The Morgan fingerprint density at radius 2 is 2.07 bits per heavy atom. The van der Waals surface area contributed by atoms with Crippen LogP contribution in [0, 0.1) is 12.3 Å². The molecule has 0 saturated heterocycles. The van der Waals surface area contributed by atoms with E-state index in [9.17, 15) is 4.79 Å². The molecule has 0 aliphatic heterocycles. The third-order valence-electron chi connectivity index (χ3n) is 3.11. The van der Waals surface area contributed by atoms with E-state index in [1.54, 1.807) is 0 Å². The maximum absolute atomic E-state index is 12.1. The molecule has 0 saturated carbocycles. The van der Waals surface area contributed by atoms with E-state index in [1.165, 1.54) is 0 Å². The van der Waals surface area contributed by atoms with Gasteiger partial charge in [0.05, 0.1) is 4.60 Å². The topological polar surface area (TPSA) is 32.9 Å². The zero-order valence-electron chi connectivity index (χ0n) is 8.70. The van der Waals surface area contributed by atoms with Crippen LogP contribution in [0.5, 0.6) is 0 Å². The molecule has 2 nitrogen and oxygen atoms in total. The molecule has 1 aromatic rings. The molecule has 0 amide bonds. The molecule has 1 aliphatic carbocycles. The molecule has 0 fully saturated rings. The fraction of sp³-hybridized carbons (Fsp3) is 0.545. The second-order valence-corrected chi connectivity index (χ2v) is 5.42. The van der Waals surface area contributed by atoms with Gasteiger partial charge in [-0.1, -0.05) is 13.8 Å². The number of hydrogen-bond acceptors (Lipinski definition) is 1. The molecule has 0 radical (unpaired) electrons. The lowest BCUT2D eigenvalue weighted by Gasteiger charge is -2.27. The normalized spacial score (nSPS) is 19.6. The van der Waals surface area contributed by atoms with E-state index in [0.717, 1.165) is 34.3 Å². The summed E-state index contributed by atoms with van der Waals surface area (Å²) in [4.78, 5) is 15.4. The molecule has 1 N–H and O–H groups in total. The highest BCUT2D eigenvalue weighted by atomic mass is 79.9. The number of aromatic nitrogens is 1. The third kappa shape index (κ3) is 1.26. The molecule has 0 unspecified atom stereocenters. The van der Waals surface area contributed by atoms with Crippen molar-refractivity contribution in [3.8, 4) is 0 Å². The number of halogens is 1. The first-order chi connectivity index (χ1) is 6.43. The molecule has 1 heterocycles. The number of carbonyl (C=O) groups excluding carboxylic acids is 1. The number of nitrogens with one attached hydrogen (secondary N) is 1. The minimum absolute atomic E-state index is 0.195. The van der Waals surface area contributed by atoms with Gasteiger partial charge in [0.2, 0.25) is 0 Å². The van der Waals surface area contributed by atoms with E-state index >= 15 is 0 Å². The van der Waals surface area contributed by atoms with Gasteiger partial charge in [0.1, 0.15) is 0 Å². The molecule has 0 aromatic carbocycles. The number of fused-ring (bicyclic) bond motifs is 1. The minimum atomic E-state index is -0.195. The van der Waals surface area contributed by atoms with Crippen molar-refractivity contribution in [3.63, 3.8) is 0 Å². The van der Waals surface area contributed by atoms with Crippen molar-refractivity contribution in [2.75, 3.05) is 0 Å². The number of aryl methyl sites for hydroxylation is 1. The fourth-order valence-electron chi connectivity index (χ4n) is 2.01. The quantitative estimate of drug-likeness (QED) is 0.759. The maximum atomic E-state index is 12.1. The van der Waals surface area contributed by atoms with Gasteiger partial charge in [0.15, 0.2) is 5.78 Å². The maximum Gasteiger partial charge on any atom is 0.170 e. The summed E-state index contributed by atoms with van der Waals surface area (Å²) >= 11 is 3.43. The van der Waals surface area contributed by atoms with Crippen LogP contribution in [-0.2, 0) is 6.42 Å². The summed E-state index contributed by atoms with van der Waals surface area (Å²) in [5.74, 6) is 0.276. The molecule has 3 heteroatoms. The SMILES string of the molecule is Cc1c(Br)[nH]c2c1C(=O)C(C)(C)CC2. The van der Waals surface area contributed by atoms with Crippen LogP contribution in [0.1, 0.15) is 41.9 Å². The summed E-state index contributed by atoms with van der Waals surface area (Å²) in [5, 5.41) is 0. The Labute approximate surface area is 92.2 Å². The van der Waals surface area contributed by atoms with Crippen molar-refractivity contribution < 1.29 is 4.79 Å². The summed E-state index contributed by atoms with van der Waals surface area (Å²) < 4.78 is 0.952. The zero-order valence-corrected chi connectivity index (χ0v) is 10.3. The second-order valence-electron chi connectivity index (χ2n) is 4.63. The molecule has 0 bridgehead atoms. The van der Waals surface area contributed by atoms with Gasteiger partial charge < -0.3 is 4.98 Å². The van der Waals surface area contributed by atoms with E-state index in [0.29, 0.717) is 0 Å². The molecule has 1 aromatic heterocycles. The van der Waals surface area contributed by atoms with Crippen molar-refractivity contribution in [1.82, 2.24) is 4.98 Å². The third-order valence-corrected chi connectivity index (χ3v) is 3.90. The number of H-pyrrole nitrogens is 1. The molecule has 1 aliphatic rings. The number of aromatic amines is 1. The lowest BCUT2D eigenvalue weighted by Crippen LogP contribution is -2.30. The Hall–Kier alpha value is -0.570. The summed E-state index contributed by atoms with van der Waals surface area (Å²) in [6.07, 6.45) is 1.91. The van der Waals surface area contributed by atoms with Crippen molar-refractivity contribution in [1.29, 1.82) is 0 Å². The average Bonchev–Trinajstić information content (AvgIpc) is 2.38. The van der Waals surface area contributed by atoms with Crippen molar-refractivity contribution in [2.45, 2.75) is 33.6 Å². The summed E-state index contributed by atoms with van der Waals surface area (Å²) in [6, 6.07) is 0. The Balaban J connectivity index is 2.60. The van der Waals surface area contributed by atoms with Crippen LogP contribution in [0.4, 0.5) is 0 Å². The Bertz CT molecular complexity index is 404. The second kappa shape index (κ2) is 2.96. The van der Waals surface area contributed by atoms with Gasteiger partial charge in [-0.15, -0.1) is 0 Å². The number of hydrogen-bond donors (Lipinski definition) is 1. The Kier molecular flexibility index (Phi) is 2.11. The molecule has 76 valence electrons. The van der Waals surface area contributed by atoms with Gasteiger partial charge in [0, 0.05) is 16.7 Å². The van der Waals surface area contributed by atoms with Crippen LogP contribution < -0.4 is 0 Å². The predicted octanol–water partition coefficient (Wildman–Crippen LogP) is 3.24. The lowest BCUT2D eigenvalue weighted by atomic mass is 9.74. The van der Waals surface area contributed by atoms with E-state index in [1.807, 2.05) is 20.8 Å². The fourth-order valence-corrected chi connectivity index (χ4v) is 2.45. The molecule has 14 heavy (non-hydrogen) atoms. The molecule has 2 rings (SSSR count). The molecular weight excluding hydrogens is 242 g/mol. The van der Waals surface area contributed by atoms with Crippen LogP contribution in [0.25, 0.3) is 0 Å². The highest BCUT2D eigenvalue weighted by Gasteiger charge is 2.36. The van der Waals surface area contributed by atoms with Gasteiger partial charge in [-0.2, -0.15) is 0 Å². The smallest absolute Gasteiger partial charge is 0.170 e.